The summed E-state index contributed by atoms with van der Waals surface area (Å²) in [4.78, 5) is 23.9. The lowest BCUT2D eigenvalue weighted by Gasteiger charge is -2.11. The molecule has 0 bridgehead atoms. The van der Waals surface area contributed by atoms with Gasteiger partial charge in [-0.05, 0) is 36.8 Å². The van der Waals surface area contributed by atoms with Gasteiger partial charge in [-0.15, -0.1) is 0 Å². The third-order valence-electron chi connectivity index (χ3n) is 3.29. The van der Waals surface area contributed by atoms with Gasteiger partial charge in [-0.2, -0.15) is 0 Å². The molecule has 0 saturated carbocycles. The van der Waals surface area contributed by atoms with Crippen LogP contribution in [0.5, 0.6) is 11.5 Å². The van der Waals surface area contributed by atoms with Gasteiger partial charge in [0, 0.05) is 17.4 Å². The van der Waals surface area contributed by atoms with E-state index in [9.17, 15) is 9.59 Å². The SMILES string of the molecule is COc1ccc(NC(=O)CC(=O)Nc2cccc(C)c2)cc1OC. The van der Waals surface area contributed by atoms with E-state index in [-0.39, 0.29) is 12.3 Å². The number of benzene rings is 2. The van der Waals surface area contributed by atoms with Crippen molar-refractivity contribution in [3.05, 3.63) is 48.0 Å². The first-order valence-corrected chi connectivity index (χ1v) is 7.40. The molecule has 0 aliphatic carbocycles. The van der Waals surface area contributed by atoms with Crippen LogP contribution in [-0.4, -0.2) is 26.0 Å². The Morgan fingerprint density at radius 3 is 2.08 bits per heavy atom. The Labute approximate surface area is 140 Å². The lowest BCUT2D eigenvalue weighted by molar-refractivity contribution is -0.123. The molecule has 0 saturated heterocycles. The Bertz CT molecular complexity index is 744. The van der Waals surface area contributed by atoms with Crippen LogP contribution >= 0.6 is 0 Å². The van der Waals surface area contributed by atoms with Crippen molar-refractivity contribution in [3.8, 4) is 11.5 Å². The van der Waals surface area contributed by atoms with Crippen molar-refractivity contribution in [2.24, 2.45) is 0 Å². The zero-order chi connectivity index (χ0) is 17.5. The van der Waals surface area contributed by atoms with Gasteiger partial charge in [0.1, 0.15) is 6.42 Å². The number of amides is 2. The largest absolute Gasteiger partial charge is 0.493 e. The molecule has 6 heteroatoms. The number of ether oxygens (including phenoxy) is 2. The number of hydrogen-bond acceptors (Lipinski definition) is 4. The van der Waals surface area contributed by atoms with Crippen molar-refractivity contribution in [2.45, 2.75) is 13.3 Å². The highest BCUT2D eigenvalue weighted by Gasteiger charge is 2.12. The van der Waals surface area contributed by atoms with Gasteiger partial charge in [0.05, 0.1) is 14.2 Å². The van der Waals surface area contributed by atoms with E-state index in [0.717, 1.165) is 5.56 Å². The number of hydrogen-bond donors (Lipinski definition) is 2. The van der Waals surface area contributed by atoms with Crippen LogP contribution < -0.4 is 20.1 Å². The smallest absolute Gasteiger partial charge is 0.233 e. The zero-order valence-corrected chi connectivity index (χ0v) is 13.9. The Morgan fingerprint density at radius 1 is 0.875 bits per heavy atom. The first-order chi connectivity index (χ1) is 11.5. The Hall–Kier alpha value is -3.02. The molecule has 0 atom stereocenters. The van der Waals surface area contributed by atoms with Crippen molar-refractivity contribution in [1.29, 1.82) is 0 Å². The van der Waals surface area contributed by atoms with Crippen molar-refractivity contribution in [1.82, 2.24) is 0 Å². The summed E-state index contributed by atoms with van der Waals surface area (Å²) in [7, 11) is 3.05. The quantitative estimate of drug-likeness (QED) is 0.799. The number of carbonyl (C=O) groups is 2. The second kappa shape index (κ2) is 8.01. The molecule has 126 valence electrons. The Kier molecular flexibility index (Phi) is 5.78. The molecule has 2 aromatic carbocycles. The van der Waals surface area contributed by atoms with Crippen LogP contribution in [0.1, 0.15) is 12.0 Å². The van der Waals surface area contributed by atoms with Crippen LogP contribution in [0.3, 0.4) is 0 Å². The standard InChI is InChI=1S/C18H20N2O4/c1-12-5-4-6-13(9-12)19-17(21)11-18(22)20-14-7-8-15(23-2)16(10-14)24-3/h4-10H,11H2,1-3H3,(H,19,21)(H,20,22). The number of rotatable bonds is 6. The van der Waals surface area contributed by atoms with Crippen molar-refractivity contribution in [2.75, 3.05) is 24.9 Å². The number of methoxy groups -OCH3 is 2. The van der Waals surface area contributed by atoms with E-state index in [2.05, 4.69) is 10.6 Å². The normalized spacial score (nSPS) is 9.96. The number of nitrogens with one attached hydrogen (secondary N) is 2. The predicted molar refractivity (Wildman–Crippen MR) is 92.6 cm³/mol. The van der Waals surface area contributed by atoms with Gasteiger partial charge >= 0.3 is 0 Å². The highest BCUT2D eigenvalue weighted by molar-refractivity contribution is 6.08. The summed E-state index contributed by atoms with van der Waals surface area (Å²) in [5, 5.41) is 5.36. The monoisotopic (exact) mass is 328 g/mol. The van der Waals surface area contributed by atoms with E-state index >= 15 is 0 Å². The van der Waals surface area contributed by atoms with Crippen LogP contribution in [0.2, 0.25) is 0 Å². The molecule has 6 nitrogen and oxygen atoms in total. The molecule has 0 radical (unpaired) electrons. The Morgan fingerprint density at radius 2 is 1.50 bits per heavy atom. The molecule has 2 N–H and O–H groups in total. The Balaban J connectivity index is 1.94. The molecule has 2 rings (SSSR count). The van der Waals surface area contributed by atoms with Gasteiger partial charge in [-0.1, -0.05) is 12.1 Å². The van der Waals surface area contributed by atoms with Gasteiger partial charge in [0.2, 0.25) is 11.8 Å². The number of aryl methyl sites for hydroxylation is 1. The summed E-state index contributed by atoms with van der Waals surface area (Å²) in [6.45, 7) is 1.93. The zero-order valence-electron chi connectivity index (χ0n) is 13.9. The number of anilines is 2. The third kappa shape index (κ3) is 4.74. The van der Waals surface area contributed by atoms with Crippen LogP contribution in [-0.2, 0) is 9.59 Å². The van der Waals surface area contributed by atoms with Crippen molar-refractivity contribution in [3.63, 3.8) is 0 Å². The fraction of sp³-hybridized carbons (Fsp3) is 0.222. The second-order valence-corrected chi connectivity index (χ2v) is 5.21. The minimum Gasteiger partial charge on any atom is -0.493 e. The third-order valence-corrected chi connectivity index (χ3v) is 3.29. The van der Waals surface area contributed by atoms with E-state index in [4.69, 9.17) is 9.47 Å². The minimum atomic E-state index is -0.410. The molecule has 2 amide bonds. The van der Waals surface area contributed by atoms with Crippen LogP contribution in [0.15, 0.2) is 42.5 Å². The van der Waals surface area contributed by atoms with Gasteiger partial charge in [0.25, 0.3) is 0 Å². The molecule has 0 aromatic heterocycles. The lowest BCUT2D eigenvalue weighted by atomic mass is 10.2. The molecule has 0 aliphatic rings. The number of carbonyl (C=O) groups excluding carboxylic acids is 2. The fourth-order valence-electron chi connectivity index (χ4n) is 2.19. The van der Waals surface area contributed by atoms with E-state index in [1.807, 2.05) is 25.1 Å². The second-order valence-electron chi connectivity index (χ2n) is 5.21. The van der Waals surface area contributed by atoms with E-state index < -0.39 is 5.91 Å². The summed E-state index contributed by atoms with van der Waals surface area (Å²) in [5.74, 6) is 0.276. The van der Waals surface area contributed by atoms with Crippen LogP contribution in [0.25, 0.3) is 0 Å². The molecule has 2 aromatic rings. The summed E-state index contributed by atoms with van der Waals surface area (Å²) < 4.78 is 10.3. The fourth-order valence-corrected chi connectivity index (χ4v) is 2.19. The maximum absolute atomic E-state index is 12.0. The minimum absolute atomic E-state index is 0.276. The van der Waals surface area contributed by atoms with Gasteiger partial charge < -0.3 is 20.1 Å². The summed E-state index contributed by atoms with van der Waals surface area (Å²) in [6, 6.07) is 12.4. The van der Waals surface area contributed by atoms with E-state index in [0.29, 0.717) is 22.9 Å². The topological polar surface area (TPSA) is 76.7 Å². The highest BCUT2D eigenvalue weighted by Crippen LogP contribution is 2.29. The molecule has 0 unspecified atom stereocenters. The maximum Gasteiger partial charge on any atom is 0.233 e. The highest BCUT2D eigenvalue weighted by atomic mass is 16.5. The first-order valence-electron chi connectivity index (χ1n) is 7.40. The van der Waals surface area contributed by atoms with Crippen molar-refractivity contribution >= 4 is 23.2 Å². The van der Waals surface area contributed by atoms with Gasteiger partial charge in [-0.25, -0.2) is 0 Å². The summed E-state index contributed by atoms with van der Waals surface area (Å²) in [5.41, 5.74) is 2.22. The van der Waals surface area contributed by atoms with Gasteiger partial charge in [-0.3, -0.25) is 9.59 Å². The molecule has 0 fully saturated rings. The molecular weight excluding hydrogens is 308 g/mol. The molecule has 0 spiro atoms. The molecule has 0 aliphatic heterocycles. The van der Waals surface area contributed by atoms with E-state index in [1.165, 1.54) is 14.2 Å². The van der Waals surface area contributed by atoms with Crippen LogP contribution in [0.4, 0.5) is 11.4 Å². The maximum atomic E-state index is 12.0. The molecule has 0 heterocycles. The molecular formula is C18H20N2O4. The summed E-state index contributed by atoms with van der Waals surface area (Å²) >= 11 is 0. The van der Waals surface area contributed by atoms with E-state index in [1.54, 1.807) is 24.3 Å². The average molecular weight is 328 g/mol. The first kappa shape index (κ1) is 17.3. The average Bonchev–Trinajstić information content (AvgIpc) is 2.54. The van der Waals surface area contributed by atoms with Crippen LogP contribution in [0, 0.1) is 6.92 Å². The van der Waals surface area contributed by atoms with Crippen molar-refractivity contribution < 1.29 is 19.1 Å². The van der Waals surface area contributed by atoms with Gasteiger partial charge in [0.15, 0.2) is 11.5 Å². The predicted octanol–water partition coefficient (Wildman–Crippen LogP) is 2.98. The lowest BCUT2D eigenvalue weighted by Crippen LogP contribution is -2.21. The summed E-state index contributed by atoms with van der Waals surface area (Å²) in [6.07, 6.45) is -0.276. The molecule has 24 heavy (non-hydrogen) atoms.